The van der Waals surface area contributed by atoms with Crippen molar-refractivity contribution in [3.05, 3.63) is 48.6 Å². The van der Waals surface area contributed by atoms with Crippen LogP contribution in [0.2, 0.25) is 0 Å². The van der Waals surface area contributed by atoms with Crippen molar-refractivity contribution < 1.29 is 18.3 Å². The van der Waals surface area contributed by atoms with Crippen LogP contribution in [-0.4, -0.2) is 11.3 Å². The number of hydrogen-bond donors (Lipinski definition) is 1. The van der Waals surface area contributed by atoms with E-state index in [1.165, 1.54) is 24.3 Å². The molecule has 0 saturated heterocycles. The molecule has 0 aliphatic rings. The molecule has 76 valence electrons. The minimum Gasteiger partial charge on any atom is -0.373 e. The zero-order valence-electron chi connectivity index (χ0n) is 7.25. The van der Waals surface area contributed by atoms with Crippen molar-refractivity contribution in [2.24, 2.45) is 0 Å². The second-order valence-electron chi connectivity index (χ2n) is 2.83. The Labute approximate surface area is 79.5 Å². The number of benzene rings is 1. The lowest BCUT2D eigenvalue weighted by molar-refractivity contribution is -0.245. The fourth-order valence-electron chi connectivity index (χ4n) is 1.09. The summed E-state index contributed by atoms with van der Waals surface area (Å²) in [6, 6.07) is 6.83. The molecular formula is C10H9F3O. The molecule has 1 atom stereocenters. The molecule has 0 amide bonds. The highest BCUT2D eigenvalue weighted by atomic mass is 19.4. The van der Waals surface area contributed by atoms with Crippen molar-refractivity contribution in [2.45, 2.75) is 11.8 Å². The lowest BCUT2D eigenvalue weighted by atomic mass is 9.93. The molecule has 14 heavy (non-hydrogen) atoms. The SMILES string of the molecule is C=C[C@@](O)(c1ccccc1)C(F)(F)F. The van der Waals surface area contributed by atoms with Crippen molar-refractivity contribution in [3.8, 4) is 0 Å². The van der Waals surface area contributed by atoms with Crippen LogP contribution in [0, 0.1) is 0 Å². The maximum Gasteiger partial charge on any atom is 0.425 e. The molecule has 0 radical (unpaired) electrons. The lowest BCUT2D eigenvalue weighted by Gasteiger charge is -2.27. The highest BCUT2D eigenvalue weighted by molar-refractivity contribution is 5.28. The van der Waals surface area contributed by atoms with Gasteiger partial charge in [0.1, 0.15) is 0 Å². The van der Waals surface area contributed by atoms with E-state index in [1.807, 2.05) is 0 Å². The van der Waals surface area contributed by atoms with Gasteiger partial charge >= 0.3 is 6.18 Å². The van der Waals surface area contributed by atoms with E-state index in [0.29, 0.717) is 6.08 Å². The van der Waals surface area contributed by atoms with Crippen LogP contribution in [0.3, 0.4) is 0 Å². The third-order valence-corrected chi connectivity index (χ3v) is 1.94. The molecular weight excluding hydrogens is 193 g/mol. The Morgan fingerprint density at radius 1 is 1.14 bits per heavy atom. The van der Waals surface area contributed by atoms with Crippen LogP contribution in [0.15, 0.2) is 43.0 Å². The highest BCUT2D eigenvalue weighted by Crippen LogP contribution is 2.39. The van der Waals surface area contributed by atoms with Crippen LogP contribution < -0.4 is 0 Å². The molecule has 0 aliphatic carbocycles. The second kappa shape index (κ2) is 3.46. The van der Waals surface area contributed by atoms with Crippen molar-refractivity contribution in [1.29, 1.82) is 0 Å². The van der Waals surface area contributed by atoms with Gasteiger partial charge in [0, 0.05) is 0 Å². The first-order valence-electron chi connectivity index (χ1n) is 3.90. The molecule has 0 saturated carbocycles. The van der Waals surface area contributed by atoms with Gasteiger partial charge < -0.3 is 5.11 Å². The van der Waals surface area contributed by atoms with Crippen molar-refractivity contribution in [1.82, 2.24) is 0 Å². The smallest absolute Gasteiger partial charge is 0.373 e. The summed E-state index contributed by atoms with van der Waals surface area (Å²) in [6.45, 7) is 3.01. The Morgan fingerprint density at radius 3 is 2.00 bits per heavy atom. The predicted molar refractivity (Wildman–Crippen MR) is 46.6 cm³/mol. The molecule has 1 N–H and O–H groups in total. The van der Waals surface area contributed by atoms with Crippen molar-refractivity contribution in [3.63, 3.8) is 0 Å². The number of halogens is 3. The molecule has 4 heteroatoms. The molecule has 1 nitrogen and oxygen atoms in total. The van der Waals surface area contributed by atoms with Gasteiger partial charge in [-0.3, -0.25) is 0 Å². The molecule has 0 aromatic heterocycles. The topological polar surface area (TPSA) is 20.2 Å². The molecule has 0 fully saturated rings. The molecule has 0 unspecified atom stereocenters. The molecule has 1 rings (SSSR count). The van der Waals surface area contributed by atoms with E-state index in [1.54, 1.807) is 6.07 Å². The number of hydrogen-bond acceptors (Lipinski definition) is 1. The summed E-state index contributed by atoms with van der Waals surface area (Å²) in [5, 5.41) is 9.38. The van der Waals surface area contributed by atoms with Gasteiger partial charge in [-0.15, -0.1) is 0 Å². The predicted octanol–water partition coefficient (Wildman–Crippen LogP) is 2.62. The highest BCUT2D eigenvalue weighted by Gasteiger charge is 2.52. The maximum absolute atomic E-state index is 12.5. The molecule has 0 heterocycles. The third-order valence-electron chi connectivity index (χ3n) is 1.94. The van der Waals surface area contributed by atoms with E-state index in [9.17, 15) is 18.3 Å². The number of aliphatic hydroxyl groups is 1. The molecule has 0 aliphatic heterocycles. The van der Waals surface area contributed by atoms with Crippen LogP contribution in [0.4, 0.5) is 13.2 Å². The summed E-state index contributed by atoms with van der Waals surface area (Å²) in [6.07, 6.45) is -4.27. The summed E-state index contributed by atoms with van der Waals surface area (Å²) in [5.41, 5.74) is -3.20. The number of rotatable bonds is 2. The first kappa shape index (κ1) is 10.8. The van der Waals surface area contributed by atoms with Crippen LogP contribution in [0.25, 0.3) is 0 Å². The Kier molecular flexibility index (Phi) is 2.66. The van der Waals surface area contributed by atoms with Crippen LogP contribution in [0.5, 0.6) is 0 Å². The van der Waals surface area contributed by atoms with Gasteiger partial charge in [-0.05, 0) is 11.6 Å². The monoisotopic (exact) mass is 202 g/mol. The van der Waals surface area contributed by atoms with Crippen molar-refractivity contribution in [2.75, 3.05) is 0 Å². The third kappa shape index (κ3) is 1.65. The molecule has 1 aromatic rings. The van der Waals surface area contributed by atoms with E-state index in [2.05, 4.69) is 6.58 Å². The van der Waals surface area contributed by atoms with Gasteiger partial charge in [-0.1, -0.05) is 36.9 Å². The van der Waals surface area contributed by atoms with Gasteiger partial charge in [0.05, 0.1) is 0 Å². The van der Waals surface area contributed by atoms with E-state index >= 15 is 0 Å². The van der Waals surface area contributed by atoms with Gasteiger partial charge in [-0.2, -0.15) is 13.2 Å². The van der Waals surface area contributed by atoms with Gasteiger partial charge in [-0.25, -0.2) is 0 Å². The Morgan fingerprint density at radius 2 is 1.64 bits per heavy atom. The summed E-state index contributed by atoms with van der Waals surface area (Å²) in [4.78, 5) is 0. The molecule has 0 spiro atoms. The Bertz CT molecular complexity index is 318. The van der Waals surface area contributed by atoms with Gasteiger partial charge in [0.2, 0.25) is 5.60 Å². The molecule has 0 bridgehead atoms. The largest absolute Gasteiger partial charge is 0.425 e. The number of alkyl halides is 3. The van der Waals surface area contributed by atoms with E-state index in [0.717, 1.165) is 0 Å². The van der Waals surface area contributed by atoms with E-state index in [-0.39, 0.29) is 5.56 Å². The summed E-state index contributed by atoms with van der Waals surface area (Å²) < 4.78 is 37.4. The average Bonchev–Trinajstić information content (AvgIpc) is 2.16. The minimum atomic E-state index is -4.75. The Hall–Kier alpha value is -1.29. The molecule has 1 aromatic carbocycles. The summed E-state index contributed by atoms with van der Waals surface area (Å²) >= 11 is 0. The second-order valence-corrected chi connectivity index (χ2v) is 2.83. The first-order chi connectivity index (χ1) is 6.42. The quantitative estimate of drug-likeness (QED) is 0.731. The Balaban J connectivity index is 3.22. The first-order valence-corrected chi connectivity index (χ1v) is 3.90. The van der Waals surface area contributed by atoms with Gasteiger partial charge in [0.15, 0.2) is 0 Å². The van der Waals surface area contributed by atoms with Gasteiger partial charge in [0.25, 0.3) is 0 Å². The summed E-state index contributed by atoms with van der Waals surface area (Å²) in [5.74, 6) is 0. The summed E-state index contributed by atoms with van der Waals surface area (Å²) in [7, 11) is 0. The minimum absolute atomic E-state index is 0.234. The average molecular weight is 202 g/mol. The van der Waals surface area contributed by atoms with Crippen LogP contribution in [-0.2, 0) is 5.60 Å². The fourth-order valence-corrected chi connectivity index (χ4v) is 1.09. The zero-order chi connectivity index (χ0) is 10.8. The lowest BCUT2D eigenvalue weighted by Crippen LogP contribution is -2.40. The van der Waals surface area contributed by atoms with Crippen molar-refractivity contribution >= 4 is 0 Å². The van der Waals surface area contributed by atoms with E-state index in [4.69, 9.17) is 0 Å². The van der Waals surface area contributed by atoms with E-state index < -0.39 is 11.8 Å². The van der Waals surface area contributed by atoms with Crippen LogP contribution in [0.1, 0.15) is 5.56 Å². The maximum atomic E-state index is 12.5. The fraction of sp³-hybridized carbons (Fsp3) is 0.200. The van der Waals surface area contributed by atoms with Crippen LogP contribution >= 0.6 is 0 Å². The normalized spacial score (nSPS) is 16.0. The zero-order valence-corrected chi connectivity index (χ0v) is 7.25. The standard InChI is InChI=1S/C10H9F3O/c1-2-9(14,10(11,12)13)8-6-4-3-5-7-8/h2-7,14H,1H2/t9-/m1/s1.